The molecule has 17 heavy (non-hydrogen) atoms. The van der Waals surface area contributed by atoms with Crippen molar-refractivity contribution < 1.29 is 23.5 Å². The van der Waals surface area contributed by atoms with Crippen LogP contribution < -0.4 is 10.1 Å². The normalized spacial score (nSPS) is 18.4. The molecular formula is C11H10FNO4. The van der Waals surface area contributed by atoms with Crippen LogP contribution in [0.1, 0.15) is 10.4 Å². The van der Waals surface area contributed by atoms with Crippen LogP contribution in [0.2, 0.25) is 0 Å². The SMILES string of the molecule is O=Cc1cccc(F)c1OCC1CNC(=O)O1. The Morgan fingerprint density at radius 2 is 2.41 bits per heavy atom. The summed E-state index contributed by atoms with van der Waals surface area (Å²) in [5, 5.41) is 2.44. The first-order chi connectivity index (χ1) is 8.20. The van der Waals surface area contributed by atoms with Crippen LogP contribution in [0.3, 0.4) is 0 Å². The van der Waals surface area contributed by atoms with Crippen molar-refractivity contribution in [3.63, 3.8) is 0 Å². The second-order valence-corrected chi connectivity index (χ2v) is 3.50. The lowest BCUT2D eigenvalue weighted by molar-refractivity contribution is 0.101. The van der Waals surface area contributed by atoms with Gasteiger partial charge < -0.3 is 14.8 Å². The summed E-state index contributed by atoms with van der Waals surface area (Å²) in [6, 6.07) is 4.06. The van der Waals surface area contributed by atoms with Gasteiger partial charge in [-0.1, -0.05) is 6.07 Å². The zero-order valence-electron chi connectivity index (χ0n) is 8.81. The van der Waals surface area contributed by atoms with Crippen molar-refractivity contribution in [2.75, 3.05) is 13.2 Å². The van der Waals surface area contributed by atoms with Crippen molar-refractivity contribution in [3.8, 4) is 5.75 Å². The first-order valence-corrected chi connectivity index (χ1v) is 5.01. The Hall–Kier alpha value is -2.11. The third kappa shape index (κ3) is 2.52. The zero-order valence-corrected chi connectivity index (χ0v) is 8.81. The summed E-state index contributed by atoms with van der Waals surface area (Å²) in [7, 11) is 0. The van der Waals surface area contributed by atoms with Crippen LogP contribution in [0, 0.1) is 5.82 Å². The number of carbonyl (C=O) groups is 2. The number of cyclic esters (lactones) is 1. The summed E-state index contributed by atoms with van der Waals surface area (Å²) in [4.78, 5) is 21.4. The molecule has 2 rings (SSSR count). The molecule has 1 aliphatic rings. The van der Waals surface area contributed by atoms with Crippen LogP contribution in [-0.2, 0) is 4.74 Å². The van der Waals surface area contributed by atoms with E-state index in [0.717, 1.165) is 0 Å². The van der Waals surface area contributed by atoms with Crippen LogP contribution in [0.4, 0.5) is 9.18 Å². The molecule has 1 unspecified atom stereocenters. The van der Waals surface area contributed by atoms with Gasteiger partial charge in [-0.2, -0.15) is 0 Å². The maximum absolute atomic E-state index is 13.4. The number of hydrogen-bond donors (Lipinski definition) is 1. The van der Waals surface area contributed by atoms with E-state index in [2.05, 4.69) is 5.32 Å². The highest BCUT2D eigenvalue weighted by molar-refractivity contribution is 5.79. The maximum Gasteiger partial charge on any atom is 0.407 e. The van der Waals surface area contributed by atoms with E-state index >= 15 is 0 Å². The number of hydrogen-bond acceptors (Lipinski definition) is 4. The van der Waals surface area contributed by atoms with Gasteiger partial charge in [0.15, 0.2) is 24.0 Å². The molecule has 1 saturated heterocycles. The highest BCUT2D eigenvalue weighted by atomic mass is 19.1. The molecule has 0 saturated carbocycles. The summed E-state index contributed by atoms with van der Waals surface area (Å²) >= 11 is 0. The highest BCUT2D eigenvalue weighted by Gasteiger charge is 2.23. The van der Waals surface area contributed by atoms with Crippen LogP contribution in [0.25, 0.3) is 0 Å². The predicted molar refractivity (Wildman–Crippen MR) is 55.6 cm³/mol. The molecule has 0 aliphatic carbocycles. The largest absolute Gasteiger partial charge is 0.486 e. The van der Waals surface area contributed by atoms with Gasteiger partial charge in [0, 0.05) is 0 Å². The molecule has 5 nitrogen and oxygen atoms in total. The number of rotatable bonds is 4. The zero-order chi connectivity index (χ0) is 12.3. The maximum atomic E-state index is 13.4. The second-order valence-electron chi connectivity index (χ2n) is 3.50. The average molecular weight is 239 g/mol. The van der Waals surface area contributed by atoms with Crippen molar-refractivity contribution >= 4 is 12.4 Å². The van der Waals surface area contributed by atoms with Gasteiger partial charge in [-0.05, 0) is 12.1 Å². The number of alkyl carbamates (subject to hydrolysis) is 1. The molecule has 0 aromatic heterocycles. The Morgan fingerprint density at radius 1 is 1.59 bits per heavy atom. The van der Waals surface area contributed by atoms with E-state index in [4.69, 9.17) is 9.47 Å². The number of benzene rings is 1. The summed E-state index contributed by atoms with van der Waals surface area (Å²) in [5.41, 5.74) is 0.127. The lowest BCUT2D eigenvalue weighted by Crippen LogP contribution is -2.22. The number of aldehydes is 1. The number of ether oxygens (including phenoxy) is 2. The topological polar surface area (TPSA) is 64.6 Å². The van der Waals surface area contributed by atoms with Crippen molar-refractivity contribution in [1.29, 1.82) is 0 Å². The van der Waals surface area contributed by atoms with E-state index < -0.39 is 18.0 Å². The molecule has 0 radical (unpaired) electrons. The number of nitrogens with one attached hydrogen (secondary N) is 1. The van der Waals surface area contributed by atoms with Crippen molar-refractivity contribution in [3.05, 3.63) is 29.6 Å². The first-order valence-electron chi connectivity index (χ1n) is 5.01. The second kappa shape index (κ2) is 4.82. The standard InChI is InChI=1S/C11H10FNO4/c12-9-3-1-2-7(5-14)10(9)16-6-8-4-13-11(15)17-8/h1-3,5,8H,4,6H2,(H,13,15). The highest BCUT2D eigenvalue weighted by Crippen LogP contribution is 2.21. The Bertz CT molecular complexity index is 449. The quantitative estimate of drug-likeness (QED) is 0.800. The summed E-state index contributed by atoms with van der Waals surface area (Å²) in [6.07, 6.45) is -0.485. The number of carbonyl (C=O) groups excluding carboxylic acids is 2. The van der Waals surface area contributed by atoms with E-state index in [1.165, 1.54) is 18.2 Å². The smallest absolute Gasteiger partial charge is 0.407 e. The fraction of sp³-hybridized carbons (Fsp3) is 0.273. The molecular weight excluding hydrogens is 229 g/mol. The fourth-order valence-electron chi connectivity index (χ4n) is 1.47. The van der Waals surface area contributed by atoms with E-state index in [-0.39, 0.29) is 17.9 Å². The van der Waals surface area contributed by atoms with Gasteiger partial charge in [-0.3, -0.25) is 4.79 Å². The van der Waals surface area contributed by atoms with Crippen LogP contribution in [-0.4, -0.2) is 31.6 Å². The Labute approximate surface area is 96.5 Å². The van der Waals surface area contributed by atoms with Crippen LogP contribution >= 0.6 is 0 Å². The lowest BCUT2D eigenvalue weighted by atomic mass is 10.2. The molecule has 1 N–H and O–H groups in total. The third-order valence-corrected chi connectivity index (χ3v) is 2.29. The van der Waals surface area contributed by atoms with E-state index in [9.17, 15) is 14.0 Å². The number of para-hydroxylation sites is 1. The van der Waals surface area contributed by atoms with E-state index in [1.54, 1.807) is 0 Å². The molecule has 0 bridgehead atoms. The lowest BCUT2D eigenvalue weighted by Gasteiger charge is -2.12. The minimum atomic E-state index is -0.619. The van der Waals surface area contributed by atoms with Crippen LogP contribution in [0.15, 0.2) is 18.2 Å². The van der Waals surface area contributed by atoms with Gasteiger partial charge in [0.1, 0.15) is 6.61 Å². The molecule has 1 aromatic rings. The molecule has 1 heterocycles. The third-order valence-electron chi connectivity index (χ3n) is 2.29. The Kier molecular flexibility index (Phi) is 3.22. The molecule has 90 valence electrons. The average Bonchev–Trinajstić information content (AvgIpc) is 2.73. The molecule has 6 heteroatoms. The first kappa shape index (κ1) is 11.4. The molecule has 1 atom stereocenters. The van der Waals surface area contributed by atoms with E-state index in [1.807, 2.05) is 0 Å². The fourth-order valence-corrected chi connectivity index (χ4v) is 1.47. The Morgan fingerprint density at radius 3 is 3.06 bits per heavy atom. The predicted octanol–water partition coefficient (Wildman–Crippen LogP) is 1.13. The summed E-state index contributed by atoms with van der Waals surface area (Å²) in [6.45, 7) is 0.310. The van der Waals surface area contributed by atoms with Crippen molar-refractivity contribution in [2.45, 2.75) is 6.10 Å². The van der Waals surface area contributed by atoms with Gasteiger partial charge in [0.25, 0.3) is 0 Å². The monoisotopic (exact) mass is 239 g/mol. The van der Waals surface area contributed by atoms with Gasteiger partial charge in [0.05, 0.1) is 12.1 Å². The summed E-state index contributed by atoms with van der Waals surface area (Å²) < 4.78 is 23.4. The number of amides is 1. The van der Waals surface area contributed by atoms with Crippen molar-refractivity contribution in [2.24, 2.45) is 0 Å². The minimum Gasteiger partial charge on any atom is -0.486 e. The molecule has 1 amide bonds. The van der Waals surface area contributed by atoms with E-state index in [0.29, 0.717) is 12.8 Å². The summed E-state index contributed by atoms with van der Waals surface area (Å²) in [5.74, 6) is -0.739. The van der Waals surface area contributed by atoms with Gasteiger partial charge >= 0.3 is 6.09 Å². The van der Waals surface area contributed by atoms with Gasteiger partial charge in [-0.15, -0.1) is 0 Å². The Balaban J connectivity index is 2.03. The minimum absolute atomic E-state index is 0.000509. The van der Waals surface area contributed by atoms with Crippen LogP contribution in [0.5, 0.6) is 5.75 Å². The molecule has 0 spiro atoms. The molecule has 1 aromatic carbocycles. The molecule has 1 fully saturated rings. The van der Waals surface area contributed by atoms with Gasteiger partial charge in [0.2, 0.25) is 0 Å². The van der Waals surface area contributed by atoms with Crippen molar-refractivity contribution in [1.82, 2.24) is 5.32 Å². The molecule has 1 aliphatic heterocycles. The van der Waals surface area contributed by atoms with Gasteiger partial charge in [-0.25, -0.2) is 9.18 Å². The number of halogens is 1.